The van der Waals surface area contributed by atoms with Gasteiger partial charge in [0, 0.05) is 46.1 Å². The molecule has 2 aliphatic rings. The van der Waals surface area contributed by atoms with Crippen LogP contribution in [0.15, 0.2) is 35.3 Å². The van der Waals surface area contributed by atoms with Gasteiger partial charge in [-0.2, -0.15) is 0 Å². The van der Waals surface area contributed by atoms with Gasteiger partial charge in [-0.05, 0) is 44.5 Å². The van der Waals surface area contributed by atoms with E-state index in [1.54, 1.807) is 0 Å². The van der Waals surface area contributed by atoms with E-state index in [1.165, 1.54) is 25.9 Å². The van der Waals surface area contributed by atoms with E-state index in [0.29, 0.717) is 6.10 Å². The molecule has 1 aromatic carbocycles. The fourth-order valence-electron chi connectivity index (χ4n) is 3.88. The maximum absolute atomic E-state index is 6.09. The second-order valence-electron chi connectivity index (χ2n) is 7.32. The Morgan fingerprint density at radius 3 is 2.54 bits per heavy atom. The first kappa shape index (κ1) is 21.3. The molecule has 0 saturated carbocycles. The van der Waals surface area contributed by atoms with Gasteiger partial charge in [0.2, 0.25) is 0 Å². The third kappa shape index (κ3) is 6.30. The first-order valence-corrected chi connectivity index (χ1v) is 9.60. The summed E-state index contributed by atoms with van der Waals surface area (Å²) in [5, 5.41) is 3.60. The molecule has 0 spiro atoms. The van der Waals surface area contributed by atoms with E-state index in [4.69, 9.17) is 4.74 Å². The normalized spacial score (nSPS) is 22.6. The van der Waals surface area contributed by atoms with Crippen molar-refractivity contribution < 1.29 is 4.74 Å². The molecule has 5 nitrogen and oxygen atoms in total. The Morgan fingerprint density at radius 1 is 1.15 bits per heavy atom. The molecule has 0 aliphatic carbocycles. The summed E-state index contributed by atoms with van der Waals surface area (Å²) in [4.78, 5) is 9.31. The fraction of sp³-hybridized carbons (Fsp3) is 0.650. The number of halogens is 1. The Bertz CT molecular complexity index is 546. The van der Waals surface area contributed by atoms with Gasteiger partial charge in [-0.3, -0.25) is 4.99 Å². The number of piperidine rings is 2. The van der Waals surface area contributed by atoms with Gasteiger partial charge in [0.15, 0.2) is 5.96 Å². The van der Waals surface area contributed by atoms with Crippen molar-refractivity contribution >= 4 is 29.9 Å². The molecule has 1 unspecified atom stereocenters. The highest BCUT2D eigenvalue weighted by Gasteiger charge is 2.24. The standard InChI is InChI=1S/C20H32N4O.HI/c1-21-20(22-15-17-7-6-12-23(2)16-17)24-13-10-19(11-14-24)25-18-8-4-3-5-9-18;/h3-5,8-9,17,19H,6-7,10-16H2,1-2H3,(H,21,22);1H. The molecule has 0 aromatic heterocycles. The monoisotopic (exact) mass is 472 g/mol. The van der Waals surface area contributed by atoms with Crippen molar-refractivity contribution in [3.05, 3.63) is 30.3 Å². The van der Waals surface area contributed by atoms with Crippen molar-refractivity contribution in [1.82, 2.24) is 15.1 Å². The quantitative estimate of drug-likeness (QED) is 0.416. The summed E-state index contributed by atoms with van der Waals surface area (Å²) < 4.78 is 6.09. The zero-order valence-corrected chi connectivity index (χ0v) is 18.4. The highest BCUT2D eigenvalue weighted by molar-refractivity contribution is 14.0. The van der Waals surface area contributed by atoms with E-state index in [2.05, 4.69) is 27.2 Å². The van der Waals surface area contributed by atoms with Crippen LogP contribution in [0.4, 0.5) is 0 Å². The lowest BCUT2D eigenvalue weighted by Gasteiger charge is -2.35. The second kappa shape index (κ2) is 11.0. The summed E-state index contributed by atoms with van der Waals surface area (Å²) in [6.07, 6.45) is 5.03. The number of nitrogens with zero attached hydrogens (tertiary/aromatic N) is 3. The molecule has 2 fully saturated rings. The molecule has 3 rings (SSSR count). The third-order valence-corrected chi connectivity index (χ3v) is 5.27. The van der Waals surface area contributed by atoms with Gasteiger partial charge in [0.1, 0.15) is 11.9 Å². The number of benzene rings is 1. The van der Waals surface area contributed by atoms with Gasteiger partial charge in [-0.25, -0.2) is 0 Å². The number of ether oxygens (including phenoxy) is 1. The molecular weight excluding hydrogens is 439 g/mol. The van der Waals surface area contributed by atoms with Crippen molar-refractivity contribution in [1.29, 1.82) is 0 Å². The number of guanidine groups is 1. The first-order chi connectivity index (χ1) is 12.2. The van der Waals surface area contributed by atoms with Gasteiger partial charge in [-0.1, -0.05) is 18.2 Å². The van der Waals surface area contributed by atoms with Crippen molar-refractivity contribution in [2.24, 2.45) is 10.9 Å². The van der Waals surface area contributed by atoms with Crippen LogP contribution in [0, 0.1) is 5.92 Å². The molecule has 1 aromatic rings. The van der Waals surface area contributed by atoms with E-state index < -0.39 is 0 Å². The molecule has 1 atom stereocenters. The molecule has 6 heteroatoms. The van der Waals surface area contributed by atoms with Gasteiger partial charge in [0.25, 0.3) is 0 Å². The van der Waals surface area contributed by atoms with Gasteiger partial charge >= 0.3 is 0 Å². The van der Waals surface area contributed by atoms with Crippen LogP contribution in [0.3, 0.4) is 0 Å². The fourth-order valence-corrected chi connectivity index (χ4v) is 3.88. The van der Waals surface area contributed by atoms with Crippen molar-refractivity contribution in [2.45, 2.75) is 31.8 Å². The zero-order valence-electron chi connectivity index (χ0n) is 16.1. The van der Waals surface area contributed by atoms with Crippen LogP contribution in [-0.4, -0.2) is 68.7 Å². The SMILES string of the molecule is CN=C(NCC1CCCN(C)C1)N1CCC(Oc2ccccc2)CC1.I. The molecule has 146 valence electrons. The lowest BCUT2D eigenvalue weighted by molar-refractivity contribution is 0.129. The maximum Gasteiger partial charge on any atom is 0.193 e. The minimum Gasteiger partial charge on any atom is -0.490 e. The minimum absolute atomic E-state index is 0. The maximum atomic E-state index is 6.09. The second-order valence-corrected chi connectivity index (χ2v) is 7.32. The molecule has 0 radical (unpaired) electrons. The molecule has 0 amide bonds. The summed E-state index contributed by atoms with van der Waals surface area (Å²) >= 11 is 0. The molecule has 2 saturated heterocycles. The van der Waals surface area contributed by atoms with E-state index in [0.717, 1.165) is 50.1 Å². The summed E-state index contributed by atoms with van der Waals surface area (Å²) in [5.74, 6) is 2.76. The number of hydrogen-bond acceptors (Lipinski definition) is 3. The van der Waals surface area contributed by atoms with E-state index in [9.17, 15) is 0 Å². The van der Waals surface area contributed by atoms with Crippen LogP contribution in [-0.2, 0) is 0 Å². The molecule has 26 heavy (non-hydrogen) atoms. The van der Waals surface area contributed by atoms with Crippen LogP contribution in [0.2, 0.25) is 0 Å². The molecule has 2 aliphatic heterocycles. The predicted molar refractivity (Wildman–Crippen MR) is 119 cm³/mol. The number of para-hydroxylation sites is 1. The summed E-state index contributed by atoms with van der Waals surface area (Å²) in [6, 6.07) is 10.1. The van der Waals surface area contributed by atoms with E-state index >= 15 is 0 Å². The van der Waals surface area contributed by atoms with Crippen LogP contribution in [0.25, 0.3) is 0 Å². The van der Waals surface area contributed by atoms with Crippen LogP contribution in [0.1, 0.15) is 25.7 Å². The Balaban J connectivity index is 0.00000243. The van der Waals surface area contributed by atoms with Gasteiger partial charge < -0.3 is 19.9 Å². The molecular formula is C20H33IN4O. The Hall–Kier alpha value is -1.02. The number of hydrogen-bond donors (Lipinski definition) is 1. The molecule has 1 N–H and O–H groups in total. The smallest absolute Gasteiger partial charge is 0.193 e. The minimum atomic E-state index is 0. The molecule has 0 bridgehead atoms. The van der Waals surface area contributed by atoms with Gasteiger partial charge in [0.05, 0.1) is 0 Å². The van der Waals surface area contributed by atoms with Crippen molar-refractivity contribution in [3.63, 3.8) is 0 Å². The number of likely N-dealkylation sites (tertiary alicyclic amines) is 2. The van der Waals surface area contributed by atoms with Crippen LogP contribution >= 0.6 is 24.0 Å². The highest BCUT2D eigenvalue weighted by Crippen LogP contribution is 2.19. The number of rotatable bonds is 4. The van der Waals surface area contributed by atoms with Gasteiger partial charge in [-0.15, -0.1) is 24.0 Å². The zero-order chi connectivity index (χ0) is 17.5. The average Bonchev–Trinajstić information content (AvgIpc) is 2.64. The number of nitrogens with one attached hydrogen (secondary N) is 1. The largest absolute Gasteiger partial charge is 0.490 e. The average molecular weight is 472 g/mol. The topological polar surface area (TPSA) is 40.1 Å². The predicted octanol–water partition coefficient (Wildman–Crippen LogP) is 3.07. The summed E-state index contributed by atoms with van der Waals surface area (Å²) in [5.41, 5.74) is 0. The van der Waals surface area contributed by atoms with Crippen LogP contribution in [0.5, 0.6) is 5.75 Å². The Labute approximate surface area is 175 Å². The van der Waals surface area contributed by atoms with Crippen molar-refractivity contribution in [2.75, 3.05) is 46.8 Å². The lowest BCUT2D eigenvalue weighted by Crippen LogP contribution is -2.49. The lowest BCUT2D eigenvalue weighted by atomic mass is 9.98. The summed E-state index contributed by atoms with van der Waals surface area (Å²) in [6.45, 7) is 5.46. The van der Waals surface area contributed by atoms with E-state index in [1.807, 2.05) is 37.4 Å². The van der Waals surface area contributed by atoms with E-state index in [-0.39, 0.29) is 24.0 Å². The Kier molecular flexibility index (Phi) is 8.98. The number of aliphatic imine (C=N–C) groups is 1. The van der Waals surface area contributed by atoms with Crippen LogP contribution < -0.4 is 10.1 Å². The highest BCUT2D eigenvalue weighted by atomic mass is 127. The Morgan fingerprint density at radius 2 is 1.88 bits per heavy atom. The molecule has 2 heterocycles. The third-order valence-electron chi connectivity index (χ3n) is 5.27. The van der Waals surface area contributed by atoms with Crippen molar-refractivity contribution in [3.8, 4) is 5.75 Å². The summed E-state index contributed by atoms with van der Waals surface area (Å²) in [7, 11) is 4.11. The first-order valence-electron chi connectivity index (χ1n) is 9.60.